The zero-order chi connectivity index (χ0) is 11.7. The van der Waals surface area contributed by atoms with E-state index < -0.39 is 0 Å². The molecule has 88 valence electrons. The third kappa shape index (κ3) is 1.85. The zero-order valence-electron chi connectivity index (χ0n) is 9.98. The van der Waals surface area contributed by atoms with Crippen molar-refractivity contribution >= 4 is 0 Å². The highest BCUT2D eigenvalue weighted by molar-refractivity contribution is 5.58. The Morgan fingerprint density at radius 2 is 2.18 bits per heavy atom. The van der Waals surface area contributed by atoms with Gasteiger partial charge in [0.2, 0.25) is 0 Å². The molecule has 0 unspecified atom stereocenters. The molecule has 1 aliphatic heterocycles. The Kier molecular flexibility index (Phi) is 2.65. The van der Waals surface area contributed by atoms with Gasteiger partial charge in [0.15, 0.2) is 5.82 Å². The Bertz CT molecular complexity index is 530. The molecule has 2 aromatic rings. The van der Waals surface area contributed by atoms with Gasteiger partial charge in [-0.1, -0.05) is 19.1 Å². The van der Waals surface area contributed by atoms with Crippen LogP contribution in [-0.4, -0.2) is 14.8 Å². The van der Waals surface area contributed by atoms with Crippen molar-refractivity contribution in [1.29, 1.82) is 0 Å². The number of nitrogens with zero attached hydrogens (tertiary/aromatic N) is 3. The number of rotatable bonds is 3. The average molecular weight is 228 g/mol. The molecule has 1 aromatic heterocycles. The van der Waals surface area contributed by atoms with E-state index in [4.69, 9.17) is 0 Å². The number of nitrogens with one attached hydrogen (secondary N) is 1. The summed E-state index contributed by atoms with van der Waals surface area (Å²) in [6.07, 6.45) is 2.90. The number of aromatic nitrogens is 3. The normalized spacial score (nSPS) is 13.9. The number of hydrogen-bond acceptors (Lipinski definition) is 3. The van der Waals surface area contributed by atoms with Crippen molar-refractivity contribution in [3.05, 3.63) is 35.7 Å². The summed E-state index contributed by atoms with van der Waals surface area (Å²) >= 11 is 0. The standard InChI is InChI=1S/C13H16N4/c1-2-5-17-9-15-16-13(17)10-3-4-11-7-14-8-12(11)6-10/h3-4,6,9,14H,2,5,7-8H2,1H3. The fraction of sp³-hybridized carbons (Fsp3) is 0.385. The average Bonchev–Trinajstić information content (AvgIpc) is 2.96. The van der Waals surface area contributed by atoms with Crippen LogP contribution in [0.3, 0.4) is 0 Å². The number of aryl methyl sites for hydroxylation is 1. The molecular formula is C13H16N4. The van der Waals surface area contributed by atoms with Crippen LogP contribution in [0.5, 0.6) is 0 Å². The van der Waals surface area contributed by atoms with Crippen molar-refractivity contribution in [1.82, 2.24) is 20.1 Å². The summed E-state index contributed by atoms with van der Waals surface area (Å²) in [5, 5.41) is 11.6. The van der Waals surface area contributed by atoms with E-state index in [1.165, 1.54) is 16.7 Å². The largest absolute Gasteiger partial charge is 0.314 e. The lowest BCUT2D eigenvalue weighted by atomic mass is 10.1. The predicted octanol–water partition coefficient (Wildman–Crippen LogP) is 1.96. The third-order valence-electron chi connectivity index (χ3n) is 3.18. The summed E-state index contributed by atoms with van der Waals surface area (Å²) in [5.74, 6) is 0.974. The maximum Gasteiger partial charge on any atom is 0.163 e. The van der Waals surface area contributed by atoms with Gasteiger partial charge in [-0.3, -0.25) is 0 Å². The Labute approximate surface area is 101 Å². The van der Waals surface area contributed by atoms with Crippen molar-refractivity contribution in [3.8, 4) is 11.4 Å². The van der Waals surface area contributed by atoms with Gasteiger partial charge in [0, 0.05) is 25.2 Å². The van der Waals surface area contributed by atoms with Gasteiger partial charge in [0.1, 0.15) is 6.33 Å². The first kappa shape index (κ1) is 10.5. The topological polar surface area (TPSA) is 42.7 Å². The Balaban J connectivity index is 2.00. The molecule has 4 heteroatoms. The molecule has 4 nitrogen and oxygen atoms in total. The number of fused-ring (bicyclic) bond motifs is 1. The molecule has 0 saturated carbocycles. The number of benzene rings is 1. The summed E-state index contributed by atoms with van der Waals surface area (Å²) in [5.41, 5.74) is 3.95. The molecule has 2 heterocycles. The summed E-state index contributed by atoms with van der Waals surface area (Å²) < 4.78 is 2.12. The highest BCUT2D eigenvalue weighted by Crippen LogP contribution is 2.23. The van der Waals surface area contributed by atoms with Gasteiger partial charge in [-0.05, 0) is 23.6 Å². The van der Waals surface area contributed by atoms with E-state index in [9.17, 15) is 0 Å². The second kappa shape index (κ2) is 4.30. The molecule has 0 aliphatic carbocycles. The van der Waals surface area contributed by atoms with Gasteiger partial charge in [0.05, 0.1) is 0 Å². The Morgan fingerprint density at radius 3 is 3.06 bits per heavy atom. The predicted molar refractivity (Wildman–Crippen MR) is 66.3 cm³/mol. The van der Waals surface area contributed by atoms with Gasteiger partial charge < -0.3 is 9.88 Å². The molecule has 17 heavy (non-hydrogen) atoms. The summed E-state index contributed by atoms with van der Waals surface area (Å²) in [6.45, 7) is 5.08. The fourth-order valence-corrected chi connectivity index (χ4v) is 2.32. The van der Waals surface area contributed by atoms with Crippen LogP contribution in [-0.2, 0) is 19.6 Å². The highest BCUT2D eigenvalue weighted by atomic mass is 15.3. The first-order valence-corrected chi connectivity index (χ1v) is 6.09. The van der Waals surface area contributed by atoms with Crippen LogP contribution in [0, 0.1) is 0 Å². The van der Waals surface area contributed by atoms with E-state index >= 15 is 0 Å². The van der Waals surface area contributed by atoms with Crippen LogP contribution in [0.4, 0.5) is 0 Å². The lowest BCUT2D eigenvalue weighted by Crippen LogP contribution is -2.00. The lowest BCUT2D eigenvalue weighted by Gasteiger charge is -2.06. The van der Waals surface area contributed by atoms with Crippen LogP contribution in [0.15, 0.2) is 24.5 Å². The van der Waals surface area contributed by atoms with Gasteiger partial charge in [0.25, 0.3) is 0 Å². The minimum Gasteiger partial charge on any atom is -0.314 e. The highest BCUT2D eigenvalue weighted by Gasteiger charge is 2.13. The SMILES string of the molecule is CCCn1cnnc1-c1ccc2c(c1)CNC2. The minimum atomic E-state index is 0.963. The van der Waals surface area contributed by atoms with Crippen molar-refractivity contribution < 1.29 is 0 Å². The quantitative estimate of drug-likeness (QED) is 0.873. The second-order valence-corrected chi connectivity index (χ2v) is 4.43. The molecule has 1 N–H and O–H groups in total. The van der Waals surface area contributed by atoms with Gasteiger partial charge in [-0.25, -0.2) is 0 Å². The molecular weight excluding hydrogens is 212 g/mol. The molecule has 1 aliphatic rings. The molecule has 0 amide bonds. The molecule has 0 saturated heterocycles. The van der Waals surface area contributed by atoms with E-state index in [2.05, 4.69) is 45.2 Å². The second-order valence-electron chi connectivity index (χ2n) is 4.43. The summed E-state index contributed by atoms with van der Waals surface area (Å²) in [6, 6.07) is 6.56. The van der Waals surface area contributed by atoms with E-state index in [1.807, 2.05) is 6.33 Å². The smallest absolute Gasteiger partial charge is 0.163 e. The van der Waals surface area contributed by atoms with E-state index in [0.717, 1.165) is 31.9 Å². The fourth-order valence-electron chi connectivity index (χ4n) is 2.32. The van der Waals surface area contributed by atoms with Gasteiger partial charge >= 0.3 is 0 Å². The van der Waals surface area contributed by atoms with E-state index in [-0.39, 0.29) is 0 Å². The van der Waals surface area contributed by atoms with E-state index in [0.29, 0.717) is 0 Å². The zero-order valence-corrected chi connectivity index (χ0v) is 9.98. The molecule has 0 spiro atoms. The van der Waals surface area contributed by atoms with Crippen LogP contribution in [0.2, 0.25) is 0 Å². The van der Waals surface area contributed by atoms with Gasteiger partial charge in [-0.2, -0.15) is 0 Å². The first-order chi connectivity index (χ1) is 8.38. The molecule has 1 aromatic carbocycles. The van der Waals surface area contributed by atoms with Crippen molar-refractivity contribution in [2.24, 2.45) is 0 Å². The third-order valence-corrected chi connectivity index (χ3v) is 3.18. The molecule has 0 radical (unpaired) electrons. The van der Waals surface area contributed by atoms with Crippen molar-refractivity contribution in [2.45, 2.75) is 33.0 Å². The maximum absolute atomic E-state index is 4.22. The van der Waals surface area contributed by atoms with Crippen molar-refractivity contribution in [3.63, 3.8) is 0 Å². The summed E-state index contributed by atoms with van der Waals surface area (Å²) in [7, 11) is 0. The molecule has 0 bridgehead atoms. The van der Waals surface area contributed by atoms with Crippen LogP contribution >= 0.6 is 0 Å². The van der Waals surface area contributed by atoms with E-state index in [1.54, 1.807) is 0 Å². The summed E-state index contributed by atoms with van der Waals surface area (Å²) in [4.78, 5) is 0. The maximum atomic E-state index is 4.22. The van der Waals surface area contributed by atoms with Crippen LogP contribution in [0.1, 0.15) is 24.5 Å². The molecule has 0 fully saturated rings. The molecule has 0 atom stereocenters. The lowest BCUT2D eigenvalue weighted by molar-refractivity contribution is 0.682. The Morgan fingerprint density at radius 1 is 1.29 bits per heavy atom. The van der Waals surface area contributed by atoms with Crippen LogP contribution in [0.25, 0.3) is 11.4 Å². The van der Waals surface area contributed by atoms with Gasteiger partial charge in [-0.15, -0.1) is 10.2 Å². The van der Waals surface area contributed by atoms with Crippen molar-refractivity contribution in [2.75, 3.05) is 0 Å². The minimum absolute atomic E-state index is 0.963. The molecule has 3 rings (SSSR count). The number of hydrogen-bond donors (Lipinski definition) is 1. The first-order valence-electron chi connectivity index (χ1n) is 6.09. The Hall–Kier alpha value is -1.68. The monoisotopic (exact) mass is 228 g/mol. The van der Waals surface area contributed by atoms with Crippen LogP contribution < -0.4 is 5.32 Å².